The fraction of sp³-hybridized carbons (Fsp3) is 1.00. The Hall–Kier alpha value is -0.0800. The predicted octanol–water partition coefficient (Wildman–Crippen LogP) is 1.29. The molecule has 2 aliphatic rings. The Bertz CT molecular complexity index is 160. The summed E-state index contributed by atoms with van der Waals surface area (Å²) in [5, 5.41) is 0. The van der Waals surface area contributed by atoms with E-state index in [0.29, 0.717) is 17.6 Å². The van der Waals surface area contributed by atoms with Crippen LogP contribution in [0.2, 0.25) is 0 Å². The van der Waals surface area contributed by atoms with E-state index in [-0.39, 0.29) is 0 Å². The van der Waals surface area contributed by atoms with Crippen LogP contribution < -0.4 is 5.73 Å². The van der Waals surface area contributed by atoms with Crippen LogP contribution in [0.5, 0.6) is 0 Å². The van der Waals surface area contributed by atoms with Crippen molar-refractivity contribution in [3.8, 4) is 0 Å². The molecule has 0 aromatic rings. The number of ether oxygens (including phenoxy) is 1. The van der Waals surface area contributed by atoms with Gasteiger partial charge in [0.1, 0.15) is 0 Å². The highest BCUT2D eigenvalue weighted by atomic mass is 16.5. The van der Waals surface area contributed by atoms with E-state index in [9.17, 15) is 0 Å². The molecule has 2 saturated carbocycles. The number of hydrogen-bond donors (Lipinski definition) is 1. The number of rotatable bonds is 1. The molecule has 3 atom stereocenters. The lowest BCUT2D eigenvalue weighted by atomic mass is 9.83. The van der Waals surface area contributed by atoms with E-state index in [1.807, 2.05) is 7.11 Å². The van der Waals surface area contributed by atoms with Gasteiger partial charge in [-0.3, -0.25) is 0 Å². The van der Waals surface area contributed by atoms with E-state index in [0.717, 1.165) is 0 Å². The summed E-state index contributed by atoms with van der Waals surface area (Å²) >= 11 is 0. The van der Waals surface area contributed by atoms with Gasteiger partial charge in [0.05, 0.1) is 6.10 Å². The summed E-state index contributed by atoms with van der Waals surface area (Å²) < 4.78 is 5.46. The van der Waals surface area contributed by atoms with Crippen LogP contribution in [0, 0.1) is 5.41 Å². The van der Waals surface area contributed by atoms with Crippen LogP contribution >= 0.6 is 0 Å². The predicted molar refractivity (Wildman–Crippen MR) is 44.3 cm³/mol. The molecule has 0 saturated heterocycles. The van der Waals surface area contributed by atoms with Gasteiger partial charge in [-0.15, -0.1) is 0 Å². The molecule has 0 heterocycles. The standard InChI is InChI=1S/C9H17NO/c1-11-8-4-2-3-5-9(8)6-7(9)10/h7-8H,2-6,10H2,1H3. The highest BCUT2D eigenvalue weighted by Gasteiger charge is 2.57. The van der Waals surface area contributed by atoms with E-state index in [1.54, 1.807) is 0 Å². The second-order valence-corrected chi connectivity index (χ2v) is 4.01. The maximum atomic E-state index is 5.92. The van der Waals surface area contributed by atoms with Gasteiger partial charge in [0.15, 0.2) is 0 Å². The van der Waals surface area contributed by atoms with Gasteiger partial charge >= 0.3 is 0 Å². The molecule has 0 amide bonds. The van der Waals surface area contributed by atoms with Crippen molar-refractivity contribution in [1.29, 1.82) is 0 Å². The second kappa shape index (κ2) is 2.46. The van der Waals surface area contributed by atoms with E-state index in [4.69, 9.17) is 10.5 Å². The third kappa shape index (κ3) is 1.00. The minimum Gasteiger partial charge on any atom is -0.381 e. The molecule has 3 unspecified atom stereocenters. The van der Waals surface area contributed by atoms with Gasteiger partial charge in [0.2, 0.25) is 0 Å². The number of hydrogen-bond acceptors (Lipinski definition) is 2. The molecule has 0 aromatic heterocycles. The summed E-state index contributed by atoms with van der Waals surface area (Å²) in [6.07, 6.45) is 6.87. The van der Waals surface area contributed by atoms with Crippen LogP contribution in [0.1, 0.15) is 32.1 Å². The van der Waals surface area contributed by atoms with Gasteiger partial charge in [-0.25, -0.2) is 0 Å². The van der Waals surface area contributed by atoms with Gasteiger partial charge in [-0.2, -0.15) is 0 Å². The van der Waals surface area contributed by atoms with Crippen molar-refractivity contribution in [3.63, 3.8) is 0 Å². The molecule has 2 nitrogen and oxygen atoms in total. The van der Waals surface area contributed by atoms with Gasteiger partial charge in [-0.1, -0.05) is 12.8 Å². The molecule has 2 heteroatoms. The first-order valence-corrected chi connectivity index (χ1v) is 4.58. The average Bonchev–Trinajstić information content (AvgIpc) is 2.63. The minimum absolute atomic E-state index is 0.410. The smallest absolute Gasteiger partial charge is 0.0642 e. The van der Waals surface area contributed by atoms with Crippen molar-refractivity contribution in [1.82, 2.24) is 0 Å². The summed E-state index contributed by atoms with van der Waals surface area (Å²) in [7, 11) is 1.82. The van der Waals surface area contributed by atoms with Crippen molar-refractivity contribution in [3.05, 3.63) is 0 Å². The lowest BCUT2D eigenvalue weighted by Crippen LogP contribution is -2.33. The third-order valence-electron chi connectivity index (χ3n) is 3.46. The van der Waals surface area contributed by atoms with Crippen molar-refractivity contribution in [2.24, 2.45) is 11.1 Å². The zero-order valence-corrected chi connectivity index (χ0v) is 7.18. The molecule has 2 aliphatic carbocycles. The third-order valence-corrected chi connectivity index (χ3v) is 3.46. The first kappa shape index (κ1) is 7.56. The maximum absolute atomic E-state index is 5.92. The van der Waals surface area contributed by atoms with Gasteiger partial charge in [0, 0.05) is 18.6 Å². The lowest BCUT2D eigenvalue weighted by Gasteiger charge is -2.31. The van der Waals surface area contributed by atoms with Gasteiger partial charge in [-0.05, 0) is 19.3 Å². The first-order valence-electron chi connectivity index (χ1n) is 4.58. The van der Waals surface area contributed by atoms with E-state index in [1.165, 1.54) is 32.1 Å². The van der Waals surface area contributed by atoms with Crippen LogP contribution in [0.15, 0.2) is 0 Å². The highest BCUT2D eigenvalue weighted by Crippen LogP contribution is 2.55. The minimum atomic E-state index is 0.410. The molecule has 0 aliphatic heterocycles. The summed E-state index contributed by atoms with van der Waals surface area (Å²) in [6.45, 7) is 0. The summed E-state index contributed by atoms with van der Waals surface area (Å²) in [4.78, 5) is 0. The quantitative estimate of drug-likeness (QED) is 0.619. The van der Waals surface area contributed by atoms with E-state index in [2.05, 4.69) is 0 Å². The summed E-state index contributed by atoms with van der Waals surface area (Å²) in [6, 6.07) is 0.438. The highest BCUT2D eigenvalue weighted by molar-refractivity contribution is 5.11. The first-order chi connectivity index (χ1) is 5.29. The van der Waals surface area contributed by atoms with Crippen LogP contribution in [0.4, 0.5) is 0 Å². The van der Waals surface area contributed by atoms with Crippen LogP contribution in [-0.2, 0) is 4.74 Å². The largest absolute Gasteiger partial charge is 0.381 e. The van der Waals surface area contributed by atoms with Crippen LogP contribution in [0.3, 0.4) is 0 Å². The van der Waals surface area contributed by atoms with Crippen LogP contribution in [0.25, 0.3) is 0 Å². The summed E-state index contributed by atoms with van der Waals surface area (Å²) in [5.74, 6) is 0. The lowest BCUT2D eigenvalue weighted by molar-refractivity contribution is 0.00826. The van der Waals surface area contributed by atoms with Crippen molar-refractivity contribution < 1.29 is 4.74 Å². The molecule has 2 rings (SSSR count). The molecule has 1 spiro atoms. The monoisotopic (exact) mass is 155 g/mol. The zero-order valence-electron chi connectivity index (χ0n) is 7.18. The Morgan fingerprint density at radius 1 is 1.45 bits per heavy atom. The van der Waals surface area contributed by atoms with Crippen LogP contribution in [-0.4, -0.2) is 19.3 Å². The maximum Gasteiger partial charge on any atom is 0.0642 e. The Balaban J connectivity index is 2.05. The van der Waals surface area contributed by atoms with E-state index >= 15 is 0 Å². The Kier molecular flexibility index (Phi) is 1.69. The normalized spacial score (nSPS) is 49.6. The SMILES string of the molecule is COC1CCCCC12CC2N. The molecule has 0 bridgehead atoms. The topological polar surface area (TPSA) is 35.2 Å². The Morgan fingerprint density at radius 2 is 2.18 bits per heavy atom. The molecule has 64 valence electrons. The molecular weight excluding hydrogens is 138 g/mol. The number of methoxy groups -OCH3 is 1. The fourth-order valence-electron chi connectivity index (χ4n) is 2.59. The zero-order chi connectivity index (χ0) is 7.90. The van der Waals surface area contributed by atoms with E-state index < -0.39 is 0 Å². The van der Waals surface area contributed by atoms with Gasteiger partial charge < -0.3 is 10.5 Å². The Morgan fingerprint density at radius 3 is 2.64 bits per heavy atom. The summed E-state index contributed by atoms with van der Waals surface area (Å²) in [5.41, 5.74) is 6.33. The molecule has 0 radical (unpaired) electrons. The van der Waals surface area contributed by atoms with Crippen molar-refractivity contribution >= 4 is 0 Å². The van der Waals surface area contributed by atoms with Gasteiger partial charge in [0.25, 0.3) is 0 Å². The molecule has 2 fully saturated rings. The Labute approximate surface area is 68.1 Å². The second-order valence-electron chi connectivity index (χ2n) is 4.01. The molecule has 2 N–H and O–H groups in total. The molecule has 0 aromatic carbocycles. The number of nitrogens with two attached hydrogens (primary N) is 1. The molecular formula is C9H17NO. The van der Waals surface area contributed by atoms with Crippen molar-refractivity contribution in [2.75, 3.05) is 7.11 Å². The molecule has 11 heavy (non-hydrogen) atoms. The van der Waals surface area contributed by atoms with Crippen molar-refractivity contribution in [2.45, 2.75) is 44.2 Å². The fourth-order valence-corrected chi connectivity index (χ4v) is 2.59. The average molecular weight is 155 g/mol.